The summed E-state index contributed by atoms with van der Waals surface area (Å²) < 4.78 is 7.18. The maximum Gasteiger partial charge on any atom is 0.250 e. The van der Waals surface area contributed by atoms with Crippen LogP contribution in [0.2, 0.25) is 0 Å². The third kappa shape index (κ3) is 2.38. The molecule has 0 N–H and O–H groups in total. The van der Waals surface area contributed by atoms with E-state index in [9.17, 15) is 4.79 Å². The summed E-state index contributed by atoms with van der Waals surface area (Å²) in [5.41, 5.74) is 0.913. The van der Waals surface area contributed by atoms with Crippen molar-refractivity contribution in [2.24, 2.45) is 7.05 Å². The molecule has 0 unspecified atom stereocenters. The standard InChI is InChI=1S/C14H15NO2/c1-3-4-9-17-12-6-7-13-11(10-12)5-8-14(16)15(13)2/h3-8,10H,9H2,1-2H3. The van der Waals surface area contributed by atoms with E-state index in [-0.39, 0.29) is 5.56 Å². The zero-order valence-corrected chi connectivity index (χ0v) is 10.0. The summed E-state index contributed by atoms with van der Waals surface area (Å²) in [5.74, 6) is 0.814. The monoisotopic (exact) mass is 229 g/mol. The molecule has 3 nitrogen and oxygen atoms in total. The number of fused-ring (bicyclic) bond motifs is 1. The Morgan fingerprint density at radius 2 is 2.12 bits per heavy atom. The molecule has 3 heteroatoms. The van der Waals surface area contributed by atoms with Crippen LogP contribution < -0.4 is 10.3 Å². The van der Waals surface area contributed by atoms with Crippen molar-refractivity contribution in [2.75, 3.05) is 6.61 Å². The van der Waals surface area contributed by atoms with Crippen LogP contribution in [-0.4, -0.2) is 11.2 Å². The minimum atomic E-state index is 0.0000784. The lowest BCUT2D eigenvalue weighted by molar-refractivity contribution is 0.363. The van der Waals surface area contributed by atoms with Crippen molar-refractivity contribution < 1.29 is 4.74 Å². The lowest BCUT2D eigenvalue weighted by atomic mass is 10.2. The minimum Gasteiger partial charge on any atom is -0.490 e. The van der Waals surface area contributed by atoms with Gasteiger partial charge in [0, 0.05) is 18.5 Å². The van der Waals surface area contributed by atoms with Gasteiger partial charge >= 0.3 is 0 Å². The maximum absolute atomic E-state index is 11.5. The highest BCUT2D eigenvalue weighted by Crippen LogP contribution is 2.19. The second kappa shape index (κ2) is 4.87. The Balaban J connectivity index is 2.38. The highest BCUT2D eigenvalue weighted by Gasteiger charge is 2.00. The van der Waals surface area contributed by atoms with Crippen LogP contribution in [0.15, 0.2) is 47.3 Å². The molecule has 0 saturated carbocycles. The van der Waals surface area contributed by atoms with Gasteiger partial charge in [0.2, 0.25) is 0 Å². The van der Waals surface area contributed by atoms with Crippen molar-refractivity contribution in [1.82, 2.24) is 4.57 Å². The van der Waals surface area contributed by atoms with Crippen molar-refractivity contribution >= 4 is 10.9 Å². The molecule has 1 heterocycles. The van der Waals surface area contributed by atoms with E-state index >= 15 is 0 Å². The molecule has 0 saturated heterocycles. The number of aryl methyl sites for hydroxylation is 1. The Labute approximate surface area is 100.0 Å². The average molecular weight is 229 g/mol. The molecule has 0 atom stereocenters. The van der Waals surface area contributed by atoms with Crippen molar-refractivity contribution in [2.45, 2.75) is 6.92 Å². The van der Waals surface area contributed by atoms with Crippen LogP contribution >= 0.6 is 0 Å². The summed E-state index contributed by atoms with van der Waals surface area (Å²) in [6.07, 6.45) is 3.90. The van der Waals surface area contributed by atoms with E-state index in [1.165, 1.54) is 0 Å². The molecule has 88 valence electrons. The van der Waals surface area contributed by atoms with E-state index in [1.807, 2.05) is 43.3 Å². The van der Waals surface area contributed by atoms with Crippen molar-refractivity contribution in [3.63, 3.8) is 0 Å². The van der Waals surface area contributed by atoms with Gasteiger partial charge in [-0.2, -0.15) is 0 Å². The second-order valence-corrected chi connectivity index (χ2v) is 3.83. The van der Waals surface area contributed by atoms with Crippen LogP contribution in [0.5, 0.6) is 5.75 Å². The zero-order valence-electron chi connectivity index (χ0n) is 10.0. The molecule has 2 rings (SSSR count). The Hall–Kier alpha value is -2.03. The fraction of sp³-hybridized carbons (Fsp3) is 0.214. The van der Waals surface area contributed by atoms with E-state index < -0.39 is 0 Å². The molecular formula is C14H15NO2. The zero-order chi connectivity index (χ0) is 12.3. The van der Waals surface area contributed by atoms with Crippen LogP contribution in [0.25, 0.3) is 10.9 Å². The van der Waals surface area contributed by atoms with E-state index in [0.29, 0.717) is 6.61 Å². The number of ether oxygens (including phenoxy) is 1. The third-order valence-corrected chi connectivity index (χ3v) is 2.68. The number of rotatable bonds is 3. The summed E-state index contributed by atoms with van der Waals surface area (Å²) in [6, 6.07) is 9.11. The Morgan fingerprint density at radius 3 is 2.88 bits per heavy atom. The summed E-state index contributed by atoms with van der Waals surface area (Å²) in [4.78, 5) is 11.5. The first kappa shape index (κ1) is 11.5. The van der Waals surface area contributed by atoms with Gasteiger partial charge in [0.05, 0.1) is 5.52 Å². The molecule has 2 aromatic rings. The Bertz CT molecular complexity index is 611. The van der Waals surface area contributed by atoms with E-state index in [1.54, 1.807) is 17.7 Å². The van der Waals surface area contributed by atoms with Gasteiger partial charge < -0.3 is 9.30 Å². The lowest BCUT2D eigenvalue weighted by Crippen LogP contribution is -2.14. The molecule has 0 aliphatic heterocycles. The number of pyridine rings is 1. The molecule has 0 bridgehead atoms. The van der Waals surface area contributed by atoms with Gasteiger partial charge in [-0.1, -0.05) is 12.2 Å². The Kier molecular flexibility index (Phi) is 3.28. The molecule has 1 aromatic carbocycles. The van der Waals surface area contributed by atoms with Gasteiger partial charge in [-0.25, -0.2) is 0 Å². The van der Waals surface area contributed by atoms with Gasteiger partial charge in [0.1, 0.15) is 12.4 Å². The molecule has 0 spiro atoms. The first-order chi connectivity index (χ1) is 8.22. The average Bonchev–Trinajstić information content (AvgIpc) is 2.34. The predicted molar refractivity (Wildman–Crippen MR) is 69.5 cm³/mol. The summed E-state index contributed by atoms with van der Waals surface area (Å²) in [5, 5.41) is 1.00. The second-order valence-electron chi connectivity index (χ2n) is 3.83. The normalized spacial score (nSPS) is 11.2. The van der Waals surface area contributed by atoms with E-state index in [0.717, 1.165) is 16.7 Å². The topological polar surface area (TPSA) is 31.2 Å². The number of nitrogens with zero attached hydrogens (tertiary/aromatic N) is 1. The molecule has 0 fully saturated rings. The van der Waals surface area contributed by atoms with Gasteiger partial charge in [0.25, 0.3) is 5.56 Å². The molecule has 0 aliphatic rings. The maximum atomic E-state index is 11.5. The largest absolute Gasteiger partial charge is 0.490 e. The predicted octanol–water partition coefficient (Wildman–Crippen LogP) is 2.49. The minimum absolute atomic E-state index is 0.0000784. The fourth-order valence-electron chi connectivity index (χ4n) is 1.69. The Morgan fingerprint density at radius 1 is 1.29 bits per heavy atom. The molecular weight excluding hydrogens is 214 g/mol. The number of benzene rings is 1. The SMILES string of the molecule is CC=CCOc1ccc2c(ccc(=O)n2C)c1. The highest BCUT2D eigenvalue weighted by molar-refractivity contribution is 5.80. The van der Waals surface area contributed by atoms with Crippen LogP contribution in [0.4, 0.5) is 0 Å². The molecule has 17 heavy (non-hydrogen) atoms. The van der Waals surface area contributed by atoms with Crippen LogP contribution in [0.3, 0.4) is 0 Å². The third-order valence-electron chi connectivity index (χ3n) is 2.68. The smallest absolute Gasteiger partial charge is 0.250 e. The van der Waals surface area contributed by atoms with Crippen molar-refractivity contribution in [3.8, 4) is 5.75 Å². The quantitative estimate of drug-likeness (QED) is 0.757. The first-order valence-corrected chi connectivity index (χ1v) is 5.56. The molecule has 0 radical (unpaired) electrons. The fourth-order valence-corrected chi connectivity index (χ4v) is 1.69. The summed E-state index contributed by atoms with van der Waals surface area (Å²) in [6.45, 7) is 2.52. The number of aromatic nitrogens is 1. The molecule has 0 amide bonds. The lowest BCUT2D eigenvalue weighted by Gasteiger charge is -2.07. The molecule has 0 aliphatic carbocycles. The van der Waals surface area contributed by atoms with E-state index in [2.05, 4.69) is 0 Å². The number of hydrogen-bond donors (Lipinski definition) is 0. The van der Waals surface area contributed by atoms with Gasteiger partial charge in [-0.15, -0.1) is 0 Å². The van der Waals surface area contributed by atoms with Crippen molar-refractivity contribution in [1.29, 1.82) is 0 Å². The highest BCUT2D eigenvalue weighted by atomic mass is 16.5. The van der Waals surface area contributed by atoms with Crippen LogP contribution in [0, 0.1) is 0 Å². The van der Waals surface area contributed by atoms with Gasteiger partial charge in [-0.3, -0.25) is 4.79 Å². The van der Waals surface area contributed by atoms with Gasteiger partial charge in [0.15, 0.2) is 0 Å². The van der Waals surface area contributed by atoms with E-state index in [4.69, 9.17) is 4.74 Å². The first-order valence-electron chi connectivity index (χ1n) is 5.56. The number of hydrogen-bond acceptors (Lipinski definition) is 2. The van der Waals surface area contributed by atoms with Gasteiger partial charge in [-0.05, 0) is 31.2 Å². The van der Waals surface area contributed by atoms with Crippen molar-refractivity contribution in [3.05, 3.63) is 52.8 Å². The van der Waals surface area contributed by atoms with Crippen LogP contribution in [-0.2, 0) is 7.05 Å². The summed E-state index contributed by atoms with van der Waals surface area (Å²) in [7, 11) is 1.77. The number of allylic oxidation sites excluding steroid dienone is 1. The molecule has 1 aromatic heterocycles. The van der Waals surface area contributed by atoms with Crippen LogP contribution in [0.1, 0.15) is 6.92 Å². The summed E-state index contributed by atoms with van der Waals surface area (Å²) >= 11 is 0.